The van der Waals surface area contributed by atoms with Crippen molar-refractivity contribution in [1.82, 2.24) is 10.6 Å². The molecule has 1 aliphatic rings. The average molecular weight is 244 g/mol. The van der Waals surface area contributed by atoms with Crippen LogP contribution in [0, 0.1) is 5.41 Å². The average Bonchev–Trinajstić information content (AvgIpc) is 2.35. The SMILES string of the molecule is CCC1(C(=O)N[C@@H](CO)C(=O)O)CCNCC1. The maximum Gasteiger partial charge on any atom is 0.328 e. The van der Waals surface area contributed by atoms with Gasteiger partial charge in [-0.3, -0.25) is 4.79 Å². The maximum atomic E-state index is 12.1. The summed E-state index contributed by atoms with van der Waals surface area (Å²) in [6.45, 7) is 2.87. The van der Waals surface area contributed by atoms with E-state index in [-0.39, 0.29) is 5.91 Å². The van der Waals surface area contributed by atoms with E-state index in [9.17, 15) is 9.59 Å². The highest BCUT2D eigenvalue weighted by molar-refractivity contribution is 5.87. The minimum Gasteiger partial charge on any atom is -0.480 e. The number of amides is 1. The van der Waals surface area contributed by atoms with Crippen LogP contribution in [0.2, 0.25) is 0 Å². The maximum absolute atomic E-state index is 12.1. The molecule has 0 radical (unpaired) electrons. The smallest absolute Gasteiger partial charge is 0.328 e. The zero-order valence-electron chi connectivity index (χ0n) is 10.0. The van der Waals surface area contributed by atoms with Crippen molar-refractivity contribution in [2.75, 3.05) is 19.7 Å². The lowest BCUT2D eigenvalue weighted by Crippen LogP contribution is -2.52. The van der Waals surface area contributed by atoms with Gasteiger partial charge in [-0.25, -0.2) is 4.79 Å². The van der Waals surface area contributed by atoms with Crippen LogP contribution in [-0.2, 0) is 9.59 Å². The number of carboxylic acids is 1. The molecule has 1 heterocycles. The third-order valence-electron chi connectivity index (χ3n) is 3.51. The summed E-state index contributed by atoms with van der Waals surface area (Å²) in [6, 6.07) is -1.21. The highest BCUT2D eigenvalue weighted by Crippen LogP contribution is 2.32. The Morgan fingerprint density at radius 2 is 2.00 bits per heavy atom. The second-order valence-corrected chi connectivity index (χ2v) is 4.43. The number of carbonyl (C=O) groups excluding carboxylic acids is 1. The van der Waals surface area contributed by atoms with E-state index in [0.29, 0.717) is 19.3 Å². The number of piperidine rings is 1. The van der Waals surface area contributed by atoms with Gasteiger partial charge in [0.25, 0.3) is 0 Å². The summed E-state index contributed by atoms with van der Waals surface area (Å²) in [4.78, 5) is 22.9. The molecule has 17 heavy (non-hydrogen) atoms. The first-order valence-electron chi connectivity index (χ1n) is 5.91. The summed E-state index contributed by atoms with van der Waals surface area (Å²) < 4.78 is 0. The number of nitrogens with one attached hydrogen (secondary N) is 2. The lowest BCUT2D eigenvalue weighted by molar-refractivity contribution is -0.145. The lowest BCUT2D eigenvalue weighted by atomic mass is 9.75. The van der Waals surface area contributed by atoms with Crippen molar-refractivity contribution >= 4 is 11.9 Å². The van der Waals surface area contributed by atoms with Gasteiger partial charge in [0, 0.05) is 0 Å². The molecule has 6 nitrogen and oxygen atoms in total. The van der Waals surface area contributed by atoms with E-state index in [0.717, 1.165) is 13.1 Å². The normalized spacial score (nSPS) is 20.6. The Hall–Kier alpha value is -1.14. The largest absolute Gasteiger partial charge is 0.480 e. The van der Waals surface area contributed by atoms with Crippen LogP contribution in [0.25, 0.3) is 0 Å². The number of rotatable bonds is 5. The van der Waals surface area contributed by atoms with E-state index in [1.165, 1.54) is 0 Å². The molecular formula is C11H20N2O4. The summed E-state index contributed by atoms with van der Waals surface area (Å²) in [7, 11) is 0. The van der Waals surface area contributed by atoms with E-state index < -0.39 is 24.0 Å². The van der Waals surface area contributed by atoms with E-state index in [2.05, 4.69) is 10.6 Å². The Balaban J connectivity index is 2.68. The molecule has 0 aromatic heterocycles. The summed E-state index contributed by atoms with van der Waals surface area (Å²) in [5.41, 5.74) is -0.492. The van der Waals surface area contributed by atoms with Crippen molar-refractivity contribution < 1.29 is 19.8 Å². The number of carboxylic acid groups (broad SMARTS) is 1. The zero-order valence-corrected chi connectivity index (χ0v) is 10.0. The van der Waals surface area contributed by atoms with Gasteiger partial charge in [0.15, 0.2) is 0 Å². The summed E-state index contributed by atoms with van der Waals surface area (Å²) >= 11 is 0. The number of aliphatic carboxylic acids is 1. The fraction of sp³-hybridized carbons (Fsp3) is 0.818. The van der Waals surface area contributed by atoms with Crippen LogP contribution >= 0.6 is 0 Å². The molecule has 1 saturated heterocycles. The second kappa shape index (κ2) is 5.97. The van der Waals surface area contributed by atoms with E-state index in [1.807, 2.05) is 6.92 Å². The van der Waals surface area contributed by atoms with Crippen LogP contribution in [0.3, 0.4) is 0 Å². The topological polar surface area (TPSA) is 98.7 Å². The fourth-order valence-corrected chi connectivity index (χ4v) is 2.14. The minimum absolute atomic E-state index is 0.261. The Kier molecular flexibility index (Phi) is 4.89. The van der Waals surface area contributed by atoms with E-state index in [4.69, 9.17) is 10.2 Å². The van der Waals surface area contributed by atoms with Gasteiger partial charge >= 0.3 is 5.97 Å². The van der Waals surface area contributed by atoms with Gasteiger partial charge in [-0.1, -0.05) is 6.92 Å². The fourth-order valence-electron chi connectivity index (χ4n) is 2.14. The molecule has 0 bridgehead atoms. The Bertz CT molecular complexity index is 287. The Labute approximate surface area is 100 Å². The lowest BCUT2D eigenvalue weighted by Gasteiger charge is -2.36. The molecule has 0 saturated carbocycles. The van der Waals surface area contributed by atoms with Crippen LogP contribution in [0.4, 0.5) is 0 Å². The predicted octanol–water partition coefficient (Wildman–Crippen LogP) is -0.672. The number of hydrogen-bond donors (Lipinski definition) is 4. The summed E-state index contributed by atoms with van der Waals surface area (Å²) in [6.07, 6.45) is 2.08. The molecule has 1 aliphatic heterocycles. The van der Waals surface area contributed by atoms with Crippen molar-refractivity contribution in [2.24, 2.45) is 5.41 Å². The molecule has 0 aromatic carbocycles. The van der Waals surface area contributed by atoms with Crippen LogP contribution < -0.4 is 10.6 Å². The Morgan fingerprint density at radius 3 is 2.41 bits per heavy atom. The second-order valence-electron chi connectivity index (χ2n) is 4.43. The molecular weight excluding hydrogens is 224 g/mol. The quantitative estimate of drug-likeness (QED) is 0.514. The molecule has 98 valence electrons. The van der Waals surface area contributed by atoms with Gasteiger partial charge in [-0.15, -0.1) is 0 Å². The molecule has 0 spiro atoms. The number of aliphatic hydroxyl groups excluding tert-OH is 1. The van der Waals surface area contributed by atoms with Gasteiger partial charge in [0.2, 0.25) is 5.91 Å². The van der Waals surface area contributed by atoms with Gasteiger partial charge in [-0.05, 0) is 32.4 Å². The minimum atomic E-state index is -1.21. The molecule has 0 aromatic rings. The molecule has 1 fully saturated rings. The standard InChI is InChI=1S/C11H20N2O4/c1-2-11(3-5-12-6-4-11)10(17)13-8(7-14)9(15)16/h8,12,14H,2-7H2,1H3,(H,13,17)(H,15,16)/t8-/m0/s1. The molecule has 0 unspecified atom stereocenters. The zero-order chi connectivity index (χ0) is 12.9. The monoisotopic (exact) mass is 244 g/mol. The molecule has 1 rings (SSSR count). The van der Waals surface area contributed by atoms with Crippen molar-refractivity contribution in [3.63, 3.8) is 0 Å². The van der Waals surface area contributed by atoms with Gasteiger partial charge < -0.3 is 20.8 Å². The third kappa shape index (κ3) is 3.17. The van der Waals surface area contributed by atoms with Crippen LogP contribution in [0.5, 0.6) is 0 Å². The van der Waals surface area contributed by atoms with Crippen molar-refractivity contribution in [1.29, 1.82) is 0 Å². The van der Waals surface area contributed by atoms with Crippen LogP contribution in [-0.4, -0.2) is 47.8 Å². The first kappa shape index (κ1) is 13.9. The van der Waals surface area contributed by atoms with Crippen LogP contribution in [0.15, 0.2) is 0 Å². The number of aliphatic hydroxyl groups is 1. The highest BCUT2D eigenvalue weighted by Gasteiger charge is 2.39. The van der Waals surface area contributed by atoms with Crippen molar-refractivity contribution in [2.45, 2.75) is 32.2 Å². The summed E-state index contributed by atoms with van der Waals surface area (Å²) in [5, 5.41) is 23.3. The third-order valence-corrected chi connectivity index (χ3v) is 3.51. The first-order chi connectivity index (χ1) is 8.05. The molecule has 6 heteroatoms. The van der Waals surface area contributed by atoms with Gasteiger partial charge in [-0.2, -0.15) is 0 Å². The van der Waals surface area contributed by atoms with E-state index in [1.54, 1.807) is 0 Å². The first-order valence-corrected chi connectivity index (χ1v) is 5.91. The van der Waals surface area contributed by atoms with Gasteiger partial charge in [0.05, 0.1) is 12.0 Å². The summed E-state index contributed by atoms with van der Waals surface area (Å²) in [5.74, 6) is -1.47. The van der Waals surface area contributed by atoms with E-state index >= 15 is 0 Å². The van der Waals surface area contributed by atoms with Crippen LogP contribution in [0.1, 0.15) is 26.2 Å². The molecule has 1 atom stereocenters. The molecule has 1 amide bonds. The van der Waals surface area contributed by atoms with Crippen molar-refractivity contribution in [3.8, 4) is 0 Å². The predicted molar refractivity (Wildman–Crippen MR) is 61.5 cm³/mol. The highest BCUT2D eigenvalue weighted by atomic mass is 16.4. The van der Waals surface area contributed by atoms with Gasteiger partial charge in [0.1, 0.15) is 6.04 Å². The number of hydrogen-bond acceptors (Lipinski definition) is 4. The number of carbonyl (C=O) groups is 2. The molecule has 4 N–H and O–H groups in total. The van der Waals surface area contributed by atoms with Crippen molar-refractivity contribution in [3.05, 3.63) is 0 Å². The molecule has 0 aliphatic carbocycles. The Morgan fingerprint density at radius 1 is 1.41 bits per heavy atom.